The van der Waals surface area contributed by atoms with Crippen molar-refractivity contribution in [1.29, 1.82) is 0 Å². The predicted molar refractivity (Wildman–Crippen MR) is 118 cm³/mol. The third-order valence-electron chi connectivity index (χ3n) is 4.47. The van der Waals surface area contributed by atoms with Crippen LogP contribution in [0.25, 0.3) is 11.3 Å². The van der Waals surface area contributed by atoms with E-state index < -0.39 is 0 Å². The summed E-state index contributed by atoms with van der Waals surface area (Å²) in [6.07, 6.45) is 0. The molecule has 4 rings (SSSR count). The number of nitrogens with one attached hydrogen (secondary N) is 1. The Kier molecular flexibility index (Phi) is 6.31. The van der Waals surface area contributed by atoms with E-state index in [1.54, 1.807) is 51.5 Å². The van der Waals surface area contributed by atoms with Crippen LogP contribution in [0.15, 0.2) is 52.4 Å². The Bertz CT molecular complexity index is 1240. The number of ether oxygens (including phenoxy) is 3. The van der Waals surface area contributed by atoms with Crippen LogP contribution in [0, 0.1) is 6.92 Å². The number of thiazole rings is 1. The van der Waals surface area contributed by atoms with Crippen LogP contribution in [-0.4, -0.2) is 35.3 Å². The number of methoxy groups -OCH3 is 2. The van der Waals surface area contributed by atoms with Gasteiger partial charge in [-0.2, -0.15) is 4.98 Å². The first kappa shape index (κ1) is 21.3. The van der Waals surface area contributed by atoms with Gasteiger partial charge in [-0.25, -0.2) is 4.98 Å². The fourth-order valence-electron chi connectivity index (χ4n) is 2.95. The smallest absolute Gasteiger partial charge is 0.261 e. The zero-order valence-electron chi connectivity index (χ0n) is 17.6. The van der Waals surface area contributed by atoms with Crippen molar-refractivity contribution in [1.82, 2.24) is 15.1 Å². The number of aryl methyl sites for hydroxylation is 1. The third-order valence-corrected chi connectivity index (χ3v) is 5.23. The maximum atomic E-state index is 12.9. The molecule has 2 heterocycles. The van der Waals surface area contributed by atoms with Gasteiger partial charge >= 0.3 is 0 Å². The number of hydrogen-bond donors (Lipinski definition) is 1. The molecule has 0 spiro atoms. The molecule has 2 aromatic heterocycles. The highest BCUT2D eigenvalue weighted by Crippen LogP contribution is 2.35. The lowest BCUT2D eigenvalue weighted by Gasteiger charge is -2.09. The van der Waals surface area contributed by atoms with Crippen LogP contribution >= 0.6 is 11.3 Å². The summed E-state index contributed by atoms with van der Waals surface area (Å²) >= 11 is 1.31. The topological polar surface area (TPSA) is 109 Å². The highest BCUT2D eigenvalue weighted by Gasteiger charge is 2.17. The lowest BCUT2D eigenvalue weighted by atomic mass is 10.1. The van der Waals surface area contributed by atoms with Crippen molar-refractivity contribution < 1.29 is 23.5 Å². The zero-order valence-corrected chi connectivity index (χ0v) is 18.4. The number of aromatic nitrogens is 3. The Balaban J connectivity index is 1.49. The molecule has 1 N–H and O–H groups in total. The van der Waals surface area contributed by atoms with E-state index in [-0.39, 0.29) is 12.5 Å². The van der Waals surface area contributed by atoms with Crippen molar-refractivity contribution in [3.8, 4) is 28.5 Å². The fraction of sp³-hybridized carbons (Fsp3) is 0.182. The van der Waals surface area contributed by atoms with E-state index in [1.165, 1.54) is 11.3 Å². The van der Waals surface area contributed by atoms with Crippen LogP contribution in [0.3, 0.4) is 0 Å². The van der Waals surface area contributed by atoms with Gasteiger partial charge in [-0.15, -0.1) is 11.3 Å². The maximum Gasteiger partial charge on any atom is 0.261 e. The van der Waals surface area contributed by atoms with Crippen molar-refractivity contribution >= 4 is 22.4 Å². The molecule has 0 atom stereocenters. The number of para-hydroxylation sites is 1. The molecule has 1 amide bonds. The van der Waals surface area contributed by atoms with Crippen molar-refractivity contribution in [3.63, 3.8) is 0 Å². The molecule has 0 bridgehead atoms. The number of benzene rings is 2. The van der Waals surface area contributed by atoms with E-state index in [0.29, 0.717) is 45.4 Å². The fourth-order valence-corrected chi connectivity index (χ4v) is 3.66. The first-order valence-electron chi connectivity index (χ1n) is 9.57. The Hall–Kier alpha value is -3.92. The van der Waals surface area contributed by atoms with E-state index >= 15 is 0 Å². The molecule has 2 aromatic carbocycles. The van der Waals surface area contributed by atoms with Gasteiger partial charge in [0.05, 0.1) is 25.5 Å². The quantitative estimate of drug-likeness (QED) is 0.420. The molecule has 10 heteroatoms. The largest absolute Gasteiger partial charge is 0.497 e. The van der Waals surface area contributed by atoms with Gasteiger partial charge < -0.3 is 18.7 Å². The van der Waals surface area contributed by atoms with Crippen molar-refractivity contribution in [2.24, 2.45) is 0 Å². The molecule has 164 valence electrons. The highest BCUT2D eigenvalue weighted by atomic mass is 32.1. The molecule has 4 aromatic rings. The summed E-state index contributed by atoms with van der Waals surface area (Å²) in [5, 5.41) is 8.91. The van der Waals surface area contributed by atoms with Crippen molar-refractivity contribution in [2.45, 2.75) is 13.5 Å². The zero-order chi connectivity index (χ0) is 22.5. The lowest BCUT2D eigenvalue weighted by molar-refractivity contribution is 0.102. The van der Waals surface area contributed by atoms with E-state index in [9.17, 15) is 4.79 Å². The minimum Gasteiger partial charge on any atom is -0.497 e. The average Bonchev–Trinajstić information content (AvgIpc) is 3.46. The van der Waals surface area contributed by atoms with E-state index in [1.807, 2.05) is 17.5 Å². The summed E-state index contributed by atoms with van der Waals surface area (Å²) in [4.78, 5) is 21.5. The standard InChI is InChI=1S/C22H20N4O5S/c1-13-23-20(26-31-13)11-30-18-7-5-4-6-16(18)21(27)25-22-24-17(12-32-22)15-9-8-14(28-2)10-19(15)29-3/h4-10,12H,11H2,1-3H3,(H,24,25,27). The van der Waals surface area contributed by atoms with Crippen molar-refractivity contribution in [3.05, 3.63) is 65.1 Å². The monoisotopic (exact) mass is 452 g/mol. The first-order valence-corrected chi connectivity index (χ1v) is 10.5. The van der Waals surface area contributed by atoms with Crippen LogP contribution in [-0.2, 0) is 6.61 Å². The second kappa shape index (κ2) is 9.48. The van der Waals surface area contributed by atoms with Gasteiger partial charge in [0, 0.05) is 23.9 Å². The molecule has 0 saturated heterocycles. The van der Waals surface area contributed by atoms with Gasteiger partial charge in [-0.3, -0.25) is 10.1 Å². The molecule has 0 radical (unpaired) electrons. The number of rotatable bonds is 8. The molecule has 9 nitrogen and oxygen atoms in total. The highest BCUT2D eigenvalue weighted by molar-refractivity contribution is 7.14. The summed E-state index contributed by atoms with van der Waals surface area (Å²) in [7, 11) is 3.18. The summed E-state index contributed by atoms with van der Waals surface area (Å²) in [6, 6.07) is 12.4. The first-order chi connectivity index (χ1) is 15.6. The van der Waals surface area contributed by atoms with E-state index in [2.05, 4.69) is 20.4 Å². The molecule has 0 aliphatic heterocycles. The number of nitrogens with zero attached hydrogens (tertiary/aromatic N) is 3. The Morgan fingerprint density at radius 3 is 2.69 bits per heavy atom. The lowest BCUT2D eigenvalue weighted by Crippen LogP contribution is -2.13. The SMILES string of the molecule is COc1ccc(-c2csc(NC(=O)c3ccccc3OCc3noc(C)n3)n2)c(OC)c1. The Morgan fingerprint density at radius 2 is 1.94 bits per heavy atom. The Labute approximate surface area is 188 Å². The minimum atomic E-state index is -0.340. The van der Waals surface area contributed by atoms with Crippen molar-refractivity contribution in [2.75, 3.05) is 19.5 Å². The van der Waals surface area contributed by atoms with Crippen LogP contribution in [0.5, 0.6) is 17.2 Å². The van der Waals surface area contributed by atoms with Gasteiger partial charge in [0.2, 0.25) is 11.7 Å². The molecule has 0 aliphatic rings. The average molecular weight is 452 g/mol. The number of amides is 1. The van der Waals surface area contributed by atoms with Crippen LogP contribution < -0.4 is 19.5 Å². The number of anilines is 1. The number of hydrogen-bond acceptors (Lipinski definition) is 9. The summed E-state index contributed by atoms with van der Waals surface area (Å²) in [5.41, 5.74) is 1.84. The normalized spacial score (nSPS) is 10.6. The minimum absolute atomic E-state index is 0.0836. The summed E-state index contributed by atoms with van der Waals surface area (Å²) in [5.74, 6) is 2.22. The number of carbonyl (C=O) groups excluding carboxylic acids is 1. The summed E-state index contributed by atoms with van der Waals surface area (Å²) in [6.45, 7) is 1.78. The third kappa shape index (κ3) is 4.70. The maximum absolute atomic E-state index is 12.9. The van der Waals surface area contributed by atoms with Gasteiger partial charge in [-0.05, 0) is 24.3 Å². The Morgan fingerprint density at radius 1 is 1.09 bits per heavy atom. The molecular weight excluding hydrogens is 432 g/mol. The second-order valence-electron chi connectivity index (χ2n) is 6.57. The van der Waals surface area contributed by atoms with Crippen LogP contribution in [0.4, 0.5) is 5.13 Å². The summed E-state index contributed by atoms with van der Waals surface area (Å²) < 4.78 is 21.3. The van der Waals surface area contributed by atoms with E-state index in [4.69, 9.17) is 18.7 Å². The van der Waals surface area contributed by atoms with Crippen LogP contribution in [0.1, 0.15) is 22.1 Å². The van der Waals surface area contributed by atoms with Gasteiger partial charge in [0.25, 0.3) is 5.91 Å². The molecule has 32 heavy (non-hydrogen) atoms. The molecule has 0 aliphatic carbocycles. The van der Waals surface area contributed by atoms with Gasteiger partial charge in [-0.1, -0.05) is 17.3 Å². The second-order valence-corrected chi connectivity index (χ2v) is 7.43. The molecule has 0 saturated carbocycles. The molecule has 0 fully saturated rings. The molecule has 0 unspecified atom stereocenters. The number of carbonyl (C=O) groups is 1. The predicted octanol–water partition coefficient (Wildman–Crippen LogP) is 4.35. The van der Waals surface area contributed by atoms with Gasteiger partial charge in [0.15, 0.2) is 11.7 Å². The van der Waals surface area contributed by atoms with Crippen LogP contribution in [0.2, 0.25) is 0 Å². The molecular formula is C22H20N4O5S. The van der Waals surface area contributed by atoms with Gasteiger partial charge in [0.1, 0.15) is 17.2 Å². The van der Waals surface area contributed by atoms with E-state index in [0.717, 1.165) is 5.56 Å².